The van der Waals surface area contributed by atoms with Crippen molar-refractivity contribution >= 4 is 15.9 Å². The summed E-state index contributed by atoms with van der Waals surface area (Å²) in [5, 5.41) is 0. The number of alkyl halides is 1. The first-order valence-corrected chi connectivity index (χ1v) is 6.05. The minimum absolute atomic E-state index is 0.204. The Morgan fingerprint density at radius 1 is 0.737 bits per heavy atom. The molecule has 19 heavy (non-hydrogen) atoms. The van der Waals surface area contributed by atoms with E-state index in [4.69, 9.17) is 0 Å². The van der Waals surface area contributed by atoms with Gasteiger partial charge in [-0.3, -0.25) is 0 Å². The van der Waals surface area contributed by atoms with Crippen LogP contribution in [0.25, 0.3) is 0 Å². The van der Waals surface area contributed by atoms with Gasteiger partial charge >= 0.3 is 0 Å². The number of hydrogen-bond donors (Lipinski definition) is 0. The zero-order valence-corrected chi connectivity index (χ0v) is 10.8. The van der Waals surface area contributed by atoms with Crippen molar-refractivity contribution < 1.29 is 22.0 Å². The zero-order chi connectivity index (χ0) is 14.2. The van der Waals surface area contributed by atoms with Crippen LogP contribution in [0.5, 0.6) is 0 Å². The highest BCUT2D eigenvalue weighted by Crippen LogP contribution is 2.35. The van der Waals surface area contributed by atoms with Gasteiger partial charge in [0.25, 0.3) is 0 Å². The lowest BCUT2D eigenvalue weighted by atomic mass is 10.0. The van der Waals surface area contributed by atoms with Crippen LogP contribution in [0.1, 0.15) is 16.0 Å². The molecule has 0 spiro atoms. The van der Waals surface area contributed by atoms with Crippen molar-refractivity contribution in [2.24, 2.45) is 0 Å². The van der Waals surface area contributed by atoms with Gasteiger partial charge in [-0.2, -0.15) is 0 Å². The van der Waals surface area contributed by atoms with E-state index in [0.717, 1.165) is 6.07 Å². The average molecular weight is 337 g/mol. The Bertz CT molecular complexity index is 627. The van der Waals surface area contributed by atoms with Crippen LogP contribution in [0.3, 0.4) is 0 Å². The van der Waals surface area contributed by atoms with E-state index in [0.29, 0.717) is 12.1 Å². The van der Waals surface area contributed by atoms with Crippen molar-refractivity contribution in [1.82, 2.24) is 0 Å². The Kier molecular flexibility index (Phi) is 3.89. The predicted octanol–water partition coefficient (Wildman–Crippen LogP) is 4.87. The lowest BCUT2D eigenvalue weighted by molar-refractivity contribution is 0.487. The van der Waals surface area contributed by atoms with Gasteiger partial charge in [-0.25, -0.2) is 22.0 Å². The van der Waals surface area contributed by atoms with E-state index in [9.17, 15) is 22.0 Å². The summed E-state index contributed by atoms with van der Waals surface area (Å²) in [6, 6.07) is 4.32. The van der Waals surface area contributed by atoms with Crippen molar-refractivity contribution in [3.05, 3.63) is 70.5 Å². The van der Waals surface area contributed by atoms with Gasteiger partial charge < -0.3 is 0 Å². The number of rotatable bonds is 2. The number of benzene rings is 2. The van der Waals surface area contributed by atoms with E-state index in [2.05, 4.69) is 15.9 Å². The van der Waals surface area contributed by atoms with Crippen molar-refractivity contribution in [2.45, 2.75) is 4.83 Å². The van der Waals surface area contributed by atoms with Gasteiger partial charge in [0.2, 0.25) is 0 Å². The van der Waals surface area contributed by atoms with Crippen molar-refractivity contribution in [2.75, 3.05) is 0 Å². The van der Waals surface area contributed by atoms with Crippen LogP contribution in [-0.2, 0) is 0 Å². The van der Waals surface area contributed by atoms with E-state index in [-0.39, 0.29) is 11.1 Å². The molecule has 2 aromatic carbocycles. The summed E-state index contributed by atoms with van der Waals surface area (Å²) in [6.45, 7) is 0. The van der Waals surface area contributed by atoms with E-state index >= 15 is 0 Å². The first-order valence-electron chi connectivity index (χ1n) is 5.14. The lowest BCUT2D eigenvalue weighted by Gasteiger charge is -2.13. The highest BCUT2D eigenvalue weighted by atomic mass is 79.9. The molecule has 0 amide bonds. The van der Waals surface area contributed by atoms with E-state index in [1.165, 1.54) is 12.1 Å². The lowest BCUT2D eigenvalue weighted by Crippen LogP contribution is -2.03. The summed E-state index contributed by atoms with van der Waals surface area (Å²) < 4.78 is 66.1. The second-order valence-electron chi connectivity index (χ2n) is 3.79. The molecule has 0 radical (unpaired) electrons. The minimum Gasteiger partial charge on any atom is -0.207 e. The molecule has 0 nitrogen and oxygen atoms in total. The topological polar surface area (TPSA) is 0 Å². The predicted molar refractivity (Wildman–Crippen MR) is 63.4 cm³/mol. The van der Waals surface area contributed by atoms with Gasteiger partial charge in [-0.15, -0.1) is 0 Å². The second-order valence-corrected chi connectivity index (χ2v) is 4.71. The quantitative estimate of drug-likeness (QED) is 0.417. The summed E-state index contributed by atoms with van der Waals surface area (Å²) in [5.74, 6) is -5.94. The van der Waals surface area contributed by atoms with Crippen LogP contribution < -0.4 is 0 Å². The standard InChI is InChI=1S/C13H6BrF5/c14-12(6-2-1-3-8(15)13(6)19)7-4-10(17)11(18)5-9(7)16/h1-5,12H. The first kappa shape index (κ1) is 14.0. The maximum absolute atomic E-state index is 13.6. The molecule has 0 saturated carbocycles. The molecule has 6 heteroatoms. The van der Waals surface area contributed by atoms with Gasteiger partial charge in [0, 0.05) is 17.2 Å². The van der Waals surface area contributed by atoms with E-state index < -0.39 is 33.9 Å². The molecule has 100 valence electrons. The fourth-order valence-corrected chi connectivity index (χ4v) is 2.32. The summed E-state index contributed by atoms with van der Waals surface area (Å²) in [4.78, 5) is -1.13. The van der Waals surface area contributed by atoms with Crippen LogP contribution in [0, 0.1) is 29.1 Å². The number of hydrogen-bond acceptors (Lipinski definition) is 0. The Balaban J connectivity index is 2.53. The summed E-state index contributed by atoms with van der Waals surface area (Å²) in [5.41, 5.74) is -0.520. The van der Waals surface area contributed by atoms with Crippen molar-refractivity contribution in [3.8, 4) is 0 Å². The zero-order valence-electron chi connectivity index (χ0n) is 9.23. The molecule has 2 rings (SSSR count). The Labute approximate surface area is 114 Å². The maximum Gasteiger partial charge on any atom is 0.163 e. The molecule has 2 aromatic rings. The maximum atomic E-state index is 13.6. The van der Waals surface area contributed by atoms with Crippen molar-refractivity contribution in [3.63, 3.8) is 0 Å². The third-order valence-electron chi connectivity index (χ3n) is 2.57. The molecule has 1 atom stereocenters. The Hall–Kier alpha value is -1.43. The fourth-order valence-electron chi connectivity index (χ4n) is 1.62. The molecule has 0 heterocycles. The highest BCUT2D eigenvalue weighted by Gasteiger charge is 2.22. The molecule has 0 aromatic heterocycles. The Morgan fingerprint density at radius 2 is 1.37 bits per heavy atom. The first-order chi connectivity index (χ1) is 8.91. The molecule has 0 aliphatic heterocycles. The largest absolute Gasteiger partial charge is 0.207 e. The van der Waals surface area contributed by atoms with Gasteiger partial charge in [-0.1, -0.05) is 28.1 Å². The van der Waals surface area contributed by atoms with Gasteiger partial charge in [0.1, 0.15) is 5.82 Å². The summed E-state index contributed by atoms with van der Waals surface area (Å²) in [7, 11) is 0. The second kappa shape index (κ2) is 5.28. The molecular formula is C13H6BrF5. The van der Waals surface area contributed by atoms with Crippen LogP contribution >= 0.6 is 15.9 Å². The third-order valence-corrected chi connectivity index (χ3v) is 3.55. The van der Waals surface area contributed by atoms with E-state index in [1.54, 1.807) is 0 Å². The molecule has 0 bridgehead atoms. The van der Waals surface area contributed by atoms with Gasteiger partial charge in [0.15, 0.2) is 23.3 Å². The van der Waals surface area contributed by atoms with Crippen LogP contribution in [0.2, 0.25) is 0 Å². The normalized spacial score (nSPS) is 12.5. The highest BCUT2D eigenvalue weighted by molar-refractivity contribution is 9.09. The summed E-state index contributed by atoms with van der Waals surface area (Å²) >= 11 is 2.95. The molecule has 1 unspecified atom stereocenters. The van der Waals surface area contributed by atoms with Crippen LogP contribution in [-0.4, -0.2) is 0 Å². The Morgan fingerprint density at radius 3 is 2.05 bits per heavy atom. The molecule has 0 aliphatic rings. The van der Waals surface area contributed by atoms with Gasteiger partial charge in [0.05, 0.1) is 4.83 Å². The molecule has 0 saturated heterocycles. The van der Waals surface area contributed by atoms with Crippen LogP contribution in [0.4, 0.5) is 22.0 Å². The molecule has 0 aliphatic carbocycles. The molecule has 0 fully saturated rings. The molecule has 0 N–H and O–H groups in total. The monoisotopic (exact) mass is 336 g/mol. The smallest absolute Gasteiger partial charge is 0.163 e. The van der Waals surface area contributed by atoms with Crippen LogP contribution in [0.15, 0.2) is 30.3 Å². The minimum atomic E-state index is -1.35. The van der Waals surface area contributed by atoms with E-state index in [1.807, 2.05) is 0 Å². The number of halogens is 6. The average Bonchev–Trinajstić information content (AvgIpc) is 2.36. The fraction of sp³-hybridized carbons (Fsp3) is 0.0769. The third kappa shape index (κ3) is 2.63. The van der Waals surface area contributed by atoms with Gasteiger partial charge in [-0.05, 0) is 12.1 Å². The summed E-state index contributed by atoms with van der Waals surface area (Å²) in [6.07, 6.45) is 0. The SMILES string of the molecule is Fc1cc(F)c(C(Br)c2cccc(F)c2F)cc1F. The molecular weight excluding hydrogens is 331 g/mol. The van der Waals surface area contributed by atoms with Crippen molar-refractivity contribution in [1.29, 1.82) is 0 Å².